The normalized spacial score (nSPS) is 24.0. The average molecular weight is 528 g/mol. The number of nitrogens with zero attached hydrogens (tertiary/aromatic N) is 4. The number of nitrogens with one attached hydrogen (secondary N) is 1. The molecule has 5 amide bonds. The van der Waals surface area contributed by atoms with Gasteiger partial charge in [-0.2, -0.15) is 0 Å². The molecule has 0 aliphatic carbocycles. The molecular formula is C22H33N5O8S. The van der Waals surface area contributed by atoms with Crippen LogP contribution in [0.1, 0.15) is 34.6 Å². The molecule has 0 radical (unpaired) electrons. The molecule has 3 atom stereocenters. The molecule has 0 spiro atoms. The minimum atomic E-state index is -0.873. The molecule has 3 heterocycles. The molecule has 3 unspecified atom stereocenters. The van der Waals surface area contributed by atoms with E-state index in [1.165, 1.54) is 16.7 Å². The quantitative estimate of drug-likeness (QED) is 0.342. The zero-order valence-corrected chi connectivity index (χ0v) is 22.0. The van der Waals surface area contributed by atoms with Gasteiger partial charge in [0.2, 0.25) is 23.6 Å². The summed E-state index contributed by atoms with van der Waals surface area (Å²) in [7, 11) is 0. The molecule has 3 aliphatic rings. The highest BCUT2D eigenvalue weighted by Gasteiger charge is 2.41. The van der Waals surface area contributed by atoms with Crippen LogP contribution in [0.5, 0.6) is 0 Å². The maximum atomic E-state index is 12.7. The van der Waals surface area contributed by atoms with Crippen molar-refractivity contribution in [3.05, 3.63) is 0 Å². The van der Waals surface area contributed by atoms with Crippen LogP contribution in [0.4, 0.5) is 4.79 Å². The van der Waals surface area contributed by atoms with Crippen LogP contribution in [-0.2, 0) is 33.4 Å². The fourth-order valence-electron chi connectivity index (χ4n) is 4.07. The number of hydrogen-bond donors (Lipinski definition) is 1. The smallest absolute Gasteiger partial charge is 0.411 e. The van der Waals surface area contributed by atoms with Crippen molar-refractivity contribution in [2.24, 2.45) is 0 Å². The molecule has 1 N–H and O–H groups in total. The van der Waals surface area contributed by atoms with Gasteiger partial charge in [-0.1, -0.05) is 0 Å². The van der Waals surface area contributed by atoms with E-state index in [2.05, 4.69) is 5.32 Å². The van der Waals surface area contributed by atoms with Gasteiger partial charge in [-0.15, -0.1) is 11.8 Å². The lowest BCUT2D eigenvalue weighted by molar-refractivity contribution is -0.167. The summed E-state index contributed by atoms with van der Waals surface area (Å²) in [5.74, 6) is -1.98. The van der Waals surface area contributed by atoms with E-state index >= 15 is 0 Å². The third-order valence-corrected chi connectivity index (χ3v) is 7.23. The summed E-state index contributed by atoms with van der Waals surface area (Å²) in [6.07, 6.45) is -0.633. The van der Waals surface area contributed by atoms with Crippen LogP contribution in [0, 0.1) is 0 Å². The fourth-order valence-corrected chi connectivity index (χ4v) is 5.19. The monoisotopic (exact) mass is 527 g/mol. The average Bonchev–Trinajstić information content (AvgIpc) is 3.26. The minimum Gasteiger partial charge on any atom is -0.444 e. The van der Waals surface area contributed by atoms with Gasteiger partial charge in [0.05, 0.1) is 32.1 Å². The minimum absolute atomic E-state index is 0.0504. The molecule has 0 saturated carbocycles. The summed E-state index contributed by atoms with van der Waals surface area (Å²) < 4.78 is 10.6. The van der Waals surface area contributed by atoms with Crippen LogP contribution < -0.4 is 5.32 Å². The molecule has 0 bridgehead atoms. The maximum absolute atomic E-state index is 12.7. The third-order valence-electron chi connectivity index (χ3n) is 6.22. The fraction of sp³-hybridized carbons (Fsp3) is 0.727. The maximum Gasteiger partial charge on any atom is 0.411 e. The summed E-state index contributed by atoms with van der Waals surface area (Å²) >= 11 is 1.37. The molecule has 0 aromatic rings. The number of carbonyl (C=O) groups is 6. The van der Waals surface area contributed by atoms with Gasteiger partial charge in [0.25, 0.3) is 0 Å². The molecule has 3 saturated heterocycles. The van der Waals surface area contributed by atoms with E-state index in [1.54, 1.807) is 30.6 Å². The molecule has 0 aromatic carbocycles. The predicted molar refractivity (Wildman–Crippen MR) is 127 cm³/mol. The zero-order valence-electron chi connectivity index (χ0n) is 21.1. The second-order valence-electron chi connectivity index (χ2n) is 10.0. The SMILES string of the molecule is CC(C(C)N1CC(=O)N(COC(=O)C2CSCN2C(=O)OC(C)(C)C)C(=O)C1)N1CC(=O)NC(=O)C1. The standard InChI is InChI=1S/C22H33N5O8S/c1-13(24-6-16(28)23-17(29)7-24)14(2)25-8-18(30)26(19(31)9-25)11-34-20(32)15-10-36-12-27(15)21(33)35-22(3,4)5/h13-15H,6-12H2,1-5H3,(H,23,28,29). The van der Waals surface area contributed by atoms with E-state index in [0.29, 0.717) is 5.75 Å². The van der Waals surface area contributed by atoms with E-state index in [4.69, 9.17) is 9.47 Å². The van der Waals surface area contributed by atoms with Gasteiger partial charge in [-0.05, 0) is 34.6 Å². The first-order valence-electron chi connectivity index (χ1n) is 11.6. The first-order valence-corrected chi connectivity index (χ1v) is 12.8. The van der Waals surface area contributed by atoms with Gasteiger partial charge < -0.3 is 9.47 Å². The molecule has 36 heavy (non-hydrogen) atoms. The van der Waals surface area contributed by atoms with Crippen molar-refractivity contribution >= 4 is 47.5 Å². The number of carbonyl (C=O) groups excluding carboxylic acids is 6. The molecule has 3 fully saturated rings. The van der Waals surface area contributed by atoms with E-state index < -0.39 is 54.1 Å². The number of piperazine rings is 2. The Morgan fingerprint density at radius 2 is 1.50 bits per heavy atom. The highest BCUT2D eigenvalue weighted by atomic mass is 32.2. The van der Waals surface area contributed by atoms with Crippen LogP contribution in [0.15, 0.2) is 0 Å². The van der Waals surface area contributed by atoms with Crippen LogP contribution in [0.25, 0.3) is 0 Å². The highest BCUT2D eigenvalue weighted by Crippen LogP contribution is 2.25. The summed E-state index contributed by atoms with van der Waals surface area (Å²) in [6.45, 7) is 8.20. The van der Waals surface area contributed by atoms with Crippen LogP contribution in [-0.4, -0.2) is 124 Å². The van der Waals surface area contributed by atoms with Crippen molar-refractivity contribution in [3.8, 4) is 0 Å². The molecule has 3 aliphatic heterocycles. The number of ether oxygens (including phenoxy) is 2. The van der Waals surface area contributed by atoms with Gasteiger partial charge in [0.1, 0.15) is 11.6 Å². The predicted octanol–water partition coefficient (Wildman–Crippen LogP) is -0.797. The zero-order chi connectivity index (χ0) is 26.8. The van der Waals surface area contributed by atoms with Crippen molar-refractivity contribution < 1.29 is 38.2 Å². The van der Waals surface area contributed by atoms with Gasteiger partial charge in [0.15, 0.2) is 6.73 Å². The highest BCUT2D eigenvalue weighted by molar-refractivity contribution is 7.99. The van der Waals surface area contributed by atoms with Crippen molar-refractivity contribution in [3.63, 3.8) is 0 Å². The van der Waals surface area contributed by atoms with E-state index in [0.717, 1.165) is 4.90 Å². The lowest BCUT2D eigenvalue weighted by Crippen LogP contribution is -2.62. The first kappa shape index (κ1) is 27.9. The van der Waals surface area contributed by atoms with Crippen molar-refractivity contribution in [2.75, 3.05) is 44.5 Å². The summed E-state index contributed by atoms with van der Waals surface area (Å²) in [5, 5.41) is 2.24. The van der Waals surface area contributed by atoms with Crippen LogP contribution in [0.2, 0.25) is 0 Å². The van der Waals surface area contributed by atoms with Gasteiger partial charge in [-0.3, -0.25) is 39.2 Å². The van der Waals surface area contributed by atoms with E-state index in [1.807, 2.05) is 13.8 Å². The van der Waals surface area contributed by atoms with Gasteiger partial charge in [-0.25, -0.2) is 14.5 Å². The van der Waals surface area contributed by atoms with Crippen molar-refractivity contribution in [2.45, 2.75) is 58.3 Å². The van der Waals surface area contributed by atoms with E-state index in [9.17, 15) is 28.8 Å². The lowest BCUT2D eigenvalue weighted by Gasteiger charge is -2.42. The van der Waals surface area contributed by atoms with Crippen molar-refractivity contribution in [1.82, 2.24) is 24.9 Å². The number of imide groups is 2. The Labute approximate surface area is 213 Å². The third kappa shape index (κ3) is 6.73. The summed E-state index contributed by atoms with van der Waals surface area (Å²) in [5.41, 5.74) is -0.720. The Morgan fingerprint density at radius 1 is 0.972 bits per heavy atom. The van der Waals surface area contributed by atoms with Crippen LogP contribution in [0.3, 0.4) is 0 Å². The van der Waals surface area contributed by atoms with Crippen molar-refractivity contribution in [1.29, 1.82) is 0 Å². The number of amides is 5. The Balaban J connectivity index is 1.54. The Kier molecular flexibility index (Phi) is 8.62. The summed E-state index contributed by atoms with van der Waals surface area (Å²) in [4.78, 5) is 79.5. The Morgan fingerprint density at radius 3 is 2.03 bits per heavy atom. The molecule has 13 nitrogen and oxygen atoms in total. The number of rotatable bonds is 6. The van der Waals surface area contributed by atoms with Crippen LogP contribution >= 0.6 is 11.8 Å². The Bertz CT molecular complexity index is 904. The molecule has 0 aromatic heterocycles. The van der Waals surface area contributed by atoms with Gasteiger partial charge >= 0.3 is 12.1 Å². The number of hydrogen-bond acceptors (Lipinski definition) is 11. The Hall–Kier alpha value is -2.71. The van der Waals surface area contributed by atoms with Gasteiger partial charge in [0, 0.05) is 17.8 Å². The second-order valence-corrected chi connectivity index (χ2v) is 11.0. The summed E-state index contributed by atoms with van der Waals surface area (Å²) in [6, 6.07) is -1.45. The lowest BCUT2D eigenvalue weighted by atomic mass is 10.1. The molecule has 3 rings (SSSR count). The van der Waals surface area contributed by atoms with E-state index in [-0.39, 0.29) is 44.1 Å². The molecule has 14 heteroatoms. The largest absolute Gasteiger partial charge is 0.444 e. The number of thioether (sulfide) groups is 1. The molecular weight excluding hydrogens is 494 g/mol. The number of esters is 1. The molecule has 200 valence electrons. The second kappa shape index (κ2) is 11.1. The first-order chi connectivity index (χ1) is 16.8. The topological polar surface area (TPSA) is 146 Å².